The molecule has 2 aliphatic rings. The second-order valence-corrected chi connectivity index (χ2v) is 9.81. The predicted molar refractivity (Wildman–Crippen MR) is 126 cm³/mol. The Morgan fingerprint density at radius 2 is 1.81 bits per heavy atom. The van der Waals surface area contributed by atoms with E-state index >= 15 is 0 Å². The summed E-state index contributed by atoms with van der Waals surface area (Å²) in [6, 6.07) is 10.9. The second-order valence-electron chi connectivity index (χ2n) is 9.43. The number of rotatable bonds is 6. The minimum Gasteiger partial charge on any atom is -0.489 e. The number of carbonyl (C=O) groups is 1. The summed E-state index contributed by atoms with van der Waals surface area (Å²) in [5, 5.41) is 12.2. The van der Waals surface area contributed by atoms with Crippen LogP contribution < -0.4 is 4.74 Å². The fourth-order valence-corrected chi connectivity index (χ4v) is 5.54. The van der Waals surface area contributed by atoms with Crippen molar-refractivity contribution in [2.24, 2.45) is 11.8 Å². The van der Waals surface area contributed by atoms with E-state index in [1.807, 2.05) is 6.07 Å². The smallest absolute Gasteiger partial charge is 0.306 e. The van der Waals surface area contributed by atoms with Crippen LogP contribution in [0.3, 0.4) is 0 Å². The maximum Gasteiger partial charge on any atom is 0.306 e. The number of ether oxygens (including phenoxy) is 1. The molecule has 1 heterocycles. The quantitative estimate of drug-likeness (QED) is 0.539. The molecular formula is C26H34ClNO3. The highest BCUT2D eigenvalue weighted by molar-refractivity contribution is 6.37. The van der Waals surface area contributed by atoms with Gasteiger partial charge in [-0.1, -0.05) is 43.6 Å². The molecule has 0 radical (unpaired) electrons. The Morgan fingerprint density at radius 3 is 2.45 bits per heavy atom. The standard InChI is InChI=1S/C26H34ClNO3/c1-3-23(28-14-12-19(13-15-28)26(29)30)20-7-6-18-8-11-24(25(27)22(18)16-20)31-21-9-4-17(2)5-10-21/h6-8,11,16-17,19,21,23H,3-5,9-10,12-15H2,1-2H3,(H,29,30)/t17-,21+,23?. The molecule has 1 aliphatic carbocycles. The predicted octanol–water partition coefficient (Wildman–Crippen LogP) is 6.70. The largest absolute Gasteiger partial charge is 0.489 e. The summed E-state index contributed by atoms with van der Waals surface area (Å²) in [6.45, 7) is 6.16. The summed E-state index contributed by atoms with van der Waals surface area (Å²) >= 11 is 6.85. The molecule has 2 aromatic rings. The van der Waals surface area contributed by atoms with Gasteiger partial charge in [0.15, 0.2) is 0 Å². The fraction of sp³-hybridized carbons (Fsp3) is 0.577. The zero-order chi connectivity index (χ0) is 22.0. The molecule has 1 N–H and O–H groups in total. The Kier molecular flexibility index (Phi) is 7.08. The number of nitrogens with zero attached hydrogens (tertiary/aromatic N) is 1. The highest BCUT2D eigenvalue weighted by Crippen LogP contribution is 2.38. The number of piperidine rings is 1. The lowest BCUT2D eigenvalue weighted by Crippen LogP contribution is -2.38. The molecule has 168 valence electrons. The fourth-order valence-electron chi connectivity index (χ4n) is 5.27. The molecule has 4 nitrogen and oxygen atoms in total. The van der Waals surface area contributed by atoms with Crippen molar-refractivity contribution in [3.8, 4) is 5.75 Å². The van der Waals surface area contributed by atoms with E-state index in [9.17, 15) is 9.90 Å². The first-order chi connectivity index (χ1) is 15.0. The second kappa shape index (κ2) is 9.79. The number of hydrogen-bond donors (Lipinski definition) is 1. The molecule has 1 unspecified atom stereocenters. The molecule has 2 fully saturated rings. The number of carboxylic acid groups (broad SMARTS) is 1. The average molecular weight is 444 g/mol. The molecule has 5 heteroatoms. The number of fused-ring (bicyclic) bond motifs is 1. The number of hydrogen-bond acceptors (Lipinski definition) is 3. The van der Waals surface area contributed by atoms with Crippen molar-refractivity contribution in [3.05, 3.63) is 40.9 Å². The minimum absolute atomic E-state index is 0.206. The summed E-state index contributed by atoms with van der Waals surface area (Å²) in [5.41, 5.74) is 1.24. The summed E-state index contributed by atoms with van der Waals surface area (Å²) in [5.74, 6) is 0.717. The van der Waals surface area contributed by atoms with Gasteiger partial charge in [0, 0.05) is 11.4 Å². The number of halogens is 1. The van der Waals surface area contributed by atoms with Gasteiger partial charge >= 0.3 is 5.97 Å². The van der Waals surface area contributed by atoms with Gasteiger partial charge in [-0.15, -0.1) is 0 Å². The van der Waals surface area contributed by atoms with Gasteiger partial charge in [-0.2, -0.15) is 0 Å². The highest BCUT2D eigenvalue weighted by atomic mass is 35.5. The summed E-state index contributed by atoms with van der Waals surface area (Å²) < 4.78 is 6.32. The normalized spacial score (nSPS) is 24.2. The molecule has 1 saturated heterocycles. The lowest BCUT2D eigenvalue weighted by Gasteiger charge is -2.36. The van der Waals surface area contributed by atoms with Crippen molar-refractivity contribution >= 4 is 28.3 Å². The van der Waals surface area contributed by atoms with Crippen molar-refractivity contribution in [2.45, 2.75) is 70.9 Å². The molecular weight excluding hydrogens is 410 g/mol. The molecule has 1 aliphatic heterocycles. The van der Waals surface area contributed by atoms with Gasteiger partial charge in [-0.3, -0.25) is 9.69 Å². The van der Waals surface area contributed by atoms with E-state index in [0.29, 0.717) is 5.02 Å². The van der Waals surface area contributed by atoms with Crippen LogP contribution in [0.2, 0.25) is 5.02 Å². The van der Waals surface area contributed by atoms with E-state index in [-0.39, 0.29) is 18.1 Å². The van der Waals surface area contributed by atoms with Gasteiger partial charge in [0.25, 0.3) is 0 Å². The van der Waals surface area contributed by atoms with Gasteiger partial charge in [0.05, 0.1) is 17.0 Å². The Hall–Kier alpha value is -1.78. The number of carboxylic acids is 1. The van der Waals surface area contributed by atoms with Crippen LogP contribution in [0.5, 0.6) is 5.75 Å². The topological polar surface area (TPSA) is 49.8 Å². The van der Waals surface area contributed by atoms with E-state index in [1.54, 1.807) is 0 Å². The SMILES string of the molecule is CCC(c1ccc2ccc(O[C@H]3CC[C@@H](C)CC3)c(Cl)c2c1)N1CCC(C(=O)O)CC1. The third kappa shape index (κ3) is 5.01. The van der Waals surface area contributed by atoms with E-state index < -0.39 is 5.97 Å². The summed E-state index contributed by atoms with van der Waals surface area (Å²) in [7, 11) is 0. The first-order valence-electron chi connectivity index (χ1n) is 11.8. The van der Waals surface area contributed by atoms with Crippen LogP contribution in [0.4, 0.5) is 0 Å². The number of benzene rings is 2. The van der Waals surface area contributed by atoms with Gasteiger partial charge < -0.3 is 9.84 Å². The third-order valence-electron chi connectivity index (χ3n) is 7.29. The van der Waals surface area contributed by atoms with Crippen molar-refractivity contribution in [1.82, 2.24) is 4.90 Å². The molecule has 0 spiro atoms. The Morgan fingerprint density at radius 1 is 1.13 bits per heavy atom. The zero-order valence-corrected chi connectivity index (χ0v) is 19.4. The molecule has 0 bridgehead atoms. The van der Waals surface area contributed by atoms with E-state index in [2.05, 4.69) is 43.0 Å². The summed E-state index contributed by atoms with van der Waals surface area (Å²) in [4.78, 5) is 13.7. The van der Waals surface area contributed by atoms with Crippen LogP contribution in [-0.4, -0.2) is 35.2 Å². The lowest BCUT2D eigenvalue weighted by molar-refractivity contribution is -0.143. The molecule has 31 heavy (non-hydrogen) atoms. The van der Waals surface area contributed by atoms with Crippen molar-refractivity contribution in [1.29, 1.82) is 0 Å². The van der Waals surface area contributed by atoms with Crippen LogP contribution >= 0.6 is 11.6 Å². The highest BCUT2D eigenvalue weighted by Gasteiger charge is 2.29. The number of likely N-dealkylation sites (tertiary alicyclic amines) is 1. The number of aliphatic carboxylic acids is 1. The van der Waals surface area contributed by atoms with E-state index in [1.165, 1.54) is 18.4 Å². The first kappa shape index (κ1) is 22.4. The van der Waals surface area contributed by atoms with Gasteiger partial charge in [-0.25, -0.2) is 0 Å². The molecule has 2 aromatic carbocycles. The van der Waals surface area contributed by atoms with Gasteiger partial charge in [0.2, 0.25) is 0 Å². The van der Waals surface area contributed by atoms with Crippen molar-refractivity contribution in [2.75, 3.05) is 13.1 Å². The maximum absolute atomic E-state index is 11.3. The molecule has 0 aromatic heterocycles. The third-order valence-corrected chi connectivity index (χ3v) is 7.68. The monoisotopic (exact) mass is 443 g/mol. The van der Waals surface area contributed by atoms with Crippen LogP contribution in [-0.2, 0) is 4.79 Å². The molecule has 4 rings (SSSR count). The maximum atomic E-state index is 11.3. The van der Waals surface area contributed by atoms with Gasteiger partial charge in [-0.05, 0) is 87.0 Å². The van der Waals surface area contributed by atoms with Crippen LogP contribution in [0.1, 0.15) is 70.4 Å². The molecule has 1 atom stereocenters. The Labute approximate surface area is 190 Å². The first-order valence-corrected chi connectivity index (χ1v) is 12.2. The Balaban J connectivity index is 1.54. The minimum atomic E-state index is -0.662. The Bertz CT molecular complexity index is 914. The van der Waals surface area contributed by atoms with Crippen molar-refractivity contribution < 1.29 is 14.6 Å². The van der Waals surface area contributed by atoms with Crippen molar-refractivity contribution in [3.63, 3.8) is 0 Å². The lowest BCUT2D eigenvalue weighted by atomic mass is 9.89. The summed E-state index contributed by atoms with van der Waals surface area (Å²) in [6.07, 6.45) is 7.31. The van der Waals surface area contributed by atoms with Gasteiger partial charge in [0.1, 0.15) is 5.75 Å². The van der Waals surface area contributed by atoms with E-state index in [4.69, 9.17) is 16.3 Å². The van der Waals surface area contributed by atoms with Crippen LogP contribution in [0.15, 0.2) is 30.3 Å². The average Bonchev–Trinajstić information content (AvgIpc) is 2.78. The van der Waals surface area contributed by atoms with Crippen LogP contribution in [0, 0.1) is 11.8 Å². The zero-order valence-electron chi connectivity index (χ0n) is 18.6. The molecule has 0 amide bonds. The van der Waals surface area contributed by atoms with E-state index in [0.717, 1.165) is 67.6 Å². The molecule has 1 saturated carbocycles. The van der Waals surface area contributed by atoms with Crippen LogP contribution in [0.25, 0.3) is 10.8 Å².